The number of likely N-dealkylation sites (tertiary alicyclic amines) is 1. The van der Waals surface area contributed by atoms with Gasteiger partial charge in [0.2, 0.25) is 0 Å². The molecule has 0 aromatic heterocycles. The van der Waals surface area contributed by atoms with Crippen LogP contribution in [0.2, 0.25) is 0 Å². The highest BCUT2D eigenvalue weighted by Gasteiger charge is 2.45. The second kappa shape index (κ2) is 4.78. The van der Waals surface area contributed by atoms with Crippen molar-refractivity contribution in [3.8, 4) is 0 Å². The summed E-state index contributed by atoms with van der Waals surface area (Å²) in [6.45, 7) is 5.11. The fraction of sp³-hybridized carbons (Fsp3) is 0.467. The third-order valence-electron chi connectivity index (χ3n) is 4.16. The van der Waals surface area contributed by atoms with Crippen LogP contribution in [0.15, 0.2) is 35.3 Å². The highest BCUT2D eigenvalue weighted by molar-refractivity contribution is 6.15. The molecule has 1 saturated heterocycles. The van der Waals surface area contributed by atoms with E-state index in [0.717, 1.165) is 43.9 Å². The molecule has 3 rings (SSSR count). The molecule has 1 aromatic rings. The molecular weight excluding hydrogens is 238 g/mol. The van der Waals surface area contributed by atoms with Gasteiger partial charge in [-0.3, -0.25) is 9.79 Å². The first-order valence-corrected chi connectivity index (χ1v) is 6.92. The van der Waals surface area contributed by atoms with Crippen LogP contribution in [-0.4, -0.2) is 41.8 Å². The summed E-state index contributed by atoms with van der Waals surface area (Å²) in [5, 5.41) is 2.96. The Labute approximate surface area is 113 Å². The summed E-state index contributed by atoms with van der Waals surface area (Å²) in [6, 6.07) is 9.87. The van der Waals surface area contributed by atoms with Gasteiger partial charge in [-0.15, -0.1) is 0 Å². The Balaban J connectivity index is 1.84. The zero-order valence-electron chi connectivity index (χ0n) is 11.2. The van der Waals surface area contributed by atoms with Gasteiger partial charge in [-0.1, -0.05) is 37.3 Å². The van der Waals surface area contributed by atoms with Crippen LogP contribution < -0.4 is 5.32 Å². The lowest BCUT2D eigenvalue weighted by Gasteiger charge is -2.34. The zero-order valence-corrected chi connectivity index (χ0v) is 11.2. The second-order valence-electron chi connectivity index (χ2n) is 5.25. The van der Waals surface area contributed by atoms with Gasteiger partial charge in [0.1, 0.15) is 11.4 Å². The van der Waals surface area contributed by atoms with Crippen molar-refractivity contribution in [2.24, 2.45) is 4.99 Å². The van der Waals surface area contributed by atoms with E-state index in [1.54, 1.807) is 0 Å². The fourth-order valence-electron chi connectivity index (χ4n) is 2.83. The van der Waals surface area contributed by atoms with Crippen LogP contribution >= 0.6 is 0 Å². The molecule has 1 spiro atoms. The molecule has 0 bridgehead atoms. The maximum Gasteiger partial charge on any atom is 0.253 e. The van der Waals surface area contributed by atoms with Crippen molar-refractivity contribution >= 4 is 11.7 Å². The van der Waals surface area contributed by atoms with Gasteiger partial charge in [0.05, 0.1) is 0 Å². The van der Waals surface area contributed by atoms with Crippen molar-refractivity contribution in [3.63, 3.8) is 0 Å². The van der Waals surface area contributed by atoms with Gasteiger partial charge in [0.25, 0.3) is 5.91 Å². The largest absolute Gasteiger partial charge is 0.308 e. The first kappa shape index (κ1) is 12.4. The lowest BCUT2D eigenvalue weighted by atomic mass is 9.88. The molecule has 1 aromatic carbocycles. The third kappa shape index (κ3) is 2.16. The summed E-state index contributed by atoms with van der Waals surface area (Å²) in [5.74, 6) is 0.803. The Bertz CT molecular complexity index is 501. The average Bonchev–Trinajstić information content (AvgIpc) is 2.78. The molecule has 2 heterocycles. The fourth-order valence-corrected chi connectivity index (χ4v) is 2.83. The van der Waals surface area contributed by atoms with Crippen LogP contribution in [0.3, 0.4) is 0 Å². The van der Waals surface area contributed by atoms with Gasteiger partial charge in [0, 0.05) is 18.7 Å². The molecule has 4 nitrogen and oxygen atoms in total. The monoisotopic (exact) mass is 257 g/mol. The molecule has 0 saturated carbocycles. The van der Waals surface area contributed by atoms with Gasteiger partial charge < -0.3 is 10.2 Å². The molecule has 1 amide bonds. The second-order valence-corrected chi connectivity index (χ2v) is 5.25. The summed E-state index contributed by atoms with van der Waals surface area (Å²) in [7, 11) is 0. The number of hydrogen-bond acceptors (Lipinski definition) is 3. The highest BCUT2D eigenvalue weighted by Crippen LogP contribution is 2.30. The van der Waals surface area contributed by atoms with Crippen molar-refractivity contribution in [1.82, 2.24) is 10.2 Å². The standard InChI is InChI=1S/C15H19N3O/c1-2-18-10-8-15(9-11-18)14(19)16-13(17-15)12-6-4-3-5-7-12/h3-7H,2,8-11H2,1H3,(H,16,17,19). The van der Waals surface area contributed by atoms with E-state index in [9.17, 15) is 4.79 Å². The number of piperidine rings is 1. The predicted molar refractivity (Wildman–Crippen MR) is 75.2 cm³/mol. The first-order chi connectivity index (χ1) is 9.23. The number of nitrogens with one attached hydrogen (secondary N) is 1. The number of amidine groups is 1. The van der Waals surface area contributed by atoms with E-state index in [-0.39, 0.29) is 5.91 Å². The first-order valence-electron chi connectivity index (χ1n) is 6.92. The van der Waals surface area contributed by atoms with Gasteiger partial charge in [0.15, 0.2) is 0 Å². The lowest BCUT2D eigenvalue weighted by Crippen LogP contribution is -2.48. The molecular formula is C15H19N3O. The quantitative estimate of drug-likeness (QED) is 0.871. The molecule has 2 aliphatic heterocycles. The summed E-state index contributed by atoms with van der Waals surface area (Å²) in [6.07, 6.45) is 1.64. The van der Waals surface area contributed by atoms with Crippen LogP contribution in [0.25, 0.3) is 0 Å². The number of carbonyl (C=O) groups excluding carboxylic acids is 1. The van der Waals surface area contributed by atoms with Crippen molar-refractivity contribution < 1.29 is 4.79 Å². The number of hydrogen-bond donors (Lipinski definition) is 1. The highest BCUT2D eigenvalue weighted by atomic mass is 16.2. The van der Waals surface area contributed by atoms with Crippen molar-refractivity contribution in [1.29, 1.82) is 0 Å². The Kier molecular flexibility index (Phi) is 3.11. The van der Waals surface area contributed by atoms with E-state index < -0.39 is 5.54 Å². The van der Waals surface area contributed by atoms with Crippen LogP contribution in [0, 0.1) is 0 Å². The van der Waals surface area contributed by atoms with Crippen molar-refractivity contribution in [3.05, 3.63) is 35.9 Å². The summed E-state index contributed by atoms with van der Waals surface area (Å²) in [5.41, 5.74) is 0.474. The molecule has 19 heavy (non-hydrogen) atoms. The summed E-state index contributed by atoms with van der Waals surface area (Å²) >= 11 is 0. The lowest BCUT2D eigenvalue weighted by molar-refractivity contribution is -0.125. The smallest absolute Gasteiger partial charge is 0.253 e. The maximum absolute atomic E-state index is 12.3. The number of amides is 1. The van der Waals surface area contributed by atoms with E-state index in [1.165, 1.54) is 0 Å². The van der Waals surface area contributed by atoms with Gasteiger partial charge in [-0.05, 0) is 19.4 Å². The van der Waals surface area contributed by atoms with Crippen LogP contribution in [-0.2, 0) is 4.79 Å². The normalized spacial score (nSPS) is 22.4. The molecule has 1 fully saturated rings. The van der Waals surface area contributed by atoms with Crippen LogP contribution in [0.4, 0.5) is 0 Å². The maximum atomic E-state index is 12.3. The Hall–Kier alpha value is -1.68. The molecule has 4 heteroatoms. The van der Waals surface area contributed by atoms with E-state index in [4.69, 9.17) is 4.99 Å². The number of rotatable bonds is 2. The van der Waals surface area contributed by atoms with E-state index >= 15 is 0 Å². The molecule has 0 unspecified atom stereocenters. The minimum Gasteiger partial charge on any atom is -0.308 e. The predicted octanol–water partition coefficient (Wildman–Crippen LogP) is 1.42. The summed E-state index contributed by atoms with van der Waals surface area (Å²) < 4.78 is 0. The zero-order chi connectivity index (χ0) is 13.3. The van der Waals surface area contributed by atoms with Crippen LogP contribution in [0.1, 0.15) is 25.3 Å². The molecule has 2 aliphatic rings. The summed E-state index contributed by atoms with van der Waals surface area (Å²) in [4.78, 5) is 19.4. The molecule has 100 valence electrons. The SMILES string of the molecule is CCN1CCC2(CC1)N=C(c1ccccc1)NC2=O. The minimum atomic E-state index is -0.517. The van der Waals surface area contributed by atoms with E-state index in [2.05, 4.69) is 17.1 Å². The minimum absolute atomic E-state index is 0.0714. The molecule has 1 N–H and O–H groups in total. The average molecular weight is 257 g/mol. The van der Waals surface area contributed by atoms with E-state index in [1.807, 2.05) is 30.3 Å². The number of benzene rings is 1. The van der Waals surface area contributed by atoms with Crippen molar-refractivity contribution in [2.45, 2.75) is 25.3 Å². The van der Waals surface area contributed by atoms with E-state index in [0.29, 0.717) is 0 Å². The third-order valence-corrected chi connectivity index (χ3v) is 4.16. The Morgan fingerprint density at radius 3 is 2.58 bits per heavy atom. The molecule has 0 radical (unpaired) electrons. The number of nitrogens with zero attached hydrogens (tertiary/aromatic N) is 2. The van der Waals surface area contributed by atoms with Gasteiger partial charge >= 0.3 is 0 Å². The Morgan fingerprint density at radius 1 is 1.26 bits per heavy atom. The molecule has 0 aliphatic carbocycles. The van der Waals surface area contributed by atoms with Gasteiger partial charge in [-0.25, -0.2) is 0 Å². The Morgan fingerprint density at radius 2 is 1.95 bits per heavy atom. The van der Waals surface area contributed by atoms with Crippen LogP contribution in [0.5, 0.6) is 0 Å². The molecule has 0 atom stereocenters. The van der Waals surface area contributed by atoms with Gasteiger partial charge in [-0.2, -0.15) is 0 Å². The number of aliphatic imine (C=N–C) groups is 1. The number of carbonyl (C=O) groups is 1. The van der Waals surface area contributed by atoms with Crippen molar-refractivity contribution in [2.75, 3.05) is 19.6 Å². The topological polar surface area (TPSA) is 44.7 Å².